The molecule has 3 rings (SSSR count). The Balaban J connectivity index is 0.00000261. The molecule has 0 saturated heterocycles. The summed E-state index contributed by atoms with van der Waals surface area (Å²) in [4.78, 5) is 4.70. The van der Waals surface area contributed by atoms with E-state index in [2.05, 4.69) is 17.6 Å². The van der Waals surface area contributed by atoms with Crippen LogP contribution in [0.5, 0.6) is 11.5 Å². The highest BCUT2D eigenvalue weighted by molar-refractivity contribution is 14.0. The summed E-state index contributed by atoms with van der Waals surface area (Å²) < 4.78 is 16.1. The molecular weight excluding hydrogens is 481 g/mol. The zero-order chi connectivity index (χ0) is 18.4. The second kappa shape index (κ2) is 10.6. The Labute approximate surface area is 183 Å². The fourth-order valence-corrected chi connectivity index (χ4v) is 3.69. The average molecular weight is 510 g/mol. The van der Waals surface area contributed by atoms with Crippen LogP contribution in [-0.2, 0) is 11.3 Å². The third-order valence-electron chi connectivity index (χ3n) is 5.13. The lowest BCUT2D eigenvalue weighted by Gasteiger charge is -2.42. The minimum Gasteiger partial charge on any atom is -0.454 e. The van der Waals surface area contributed by atoms with Gasteiger partial charge in [0.2, 0.25) is 6.79 Å². The van der Waals surface area contributed by atoms with Crippen molar-refractivity contribution in [2.75, 3.05) is 33.6 Å². The summed E-state index contributed by atoms with van der Waals surface area (Å²) in [5.74, 6) is 2.13. The summed E-state index contributed by atoms with van der Waals surface area (Å²) in [5.41, 5.74) is 1.34. The van der Waals surface area contributed by atoms with Gasteiger partial charge in [-0.25, -0.2) is 4.99 Å². The third-order valence-corrected chi connectivity index (χ3v) is 5.41. The van der Waals surface area contributed by atoms with Crippen molar-refractivity contribution in [3.05, 3.63) is 22.7 Å². The quantitative estimate of drug-likeness (QED) is 0.316. The third kappa shape index (κ3) is 5.77. The van der Waals surface area contributed by atoms with Gasteiger partial charge in [-0.3, -0.25) is 0 Å². The van der Waals surface area contributed by atoms with Gasteiger partial charge in [-0.1, -0.05) is 18.0 Å². The molecule has 152 valence electrons. The van der Waals surface area contributed by atoms with Gasteiger partial charge in [0.25, 0.3) is 0 Å². The van der Waals surface area contributed by atoms with Crippen molar-refractivity contribution in [3.8, 4) is 11.5 Å². The number of halogens is 2. The summed E-state index contributed by atoms with van der Waals surface area (Å²) in [6, 6.07) is 3.82. The molecule has 6 nitrogen and oxygen atoms in total. The molecule has 1 aromatic carbocycles. The van der Waals surface area contributed by atoms with Gasteiger partial charge in [0.15, 0.2) is 17.5 Å². The number of hydrogen-bond donors (Lipinski definition) is 2. The number of guanidine groups is 1. The van der Waals surface area contributed by atoms with Gasteiger partial charge in [-0.05, 0) is 49.3 Å². The summed E-state index contributed by atoms with van der Waals surface area (Å²) in [6.45, 7) is 5.36. The maximum atomic E-state index is 6.25. The van der Waals surface area contributed by atoms with Crippen LogP contribution in [0.1, 0.15) is 38.2 Å². The molecule has 0 bridgehead atoms. The fraction of sp³-hybridized carbons (Fsp3) is 0.632. The van der Waals surface area contributed by atoms with Crippen LogP contribution in [0.25, 0.3) is 0 Å². The number of nitrogens with one attached hydrogen (secondary N) is 2. The molecule has 0 aromatic heterocycles. The van der Waals surface area contributed by atoms with Crippen LogP contribution in [0, 0.1) is 5.41 Å². The Morgan fingerprint density at radius 1 is 1.30 bits per heavy atom. The number of fused-ring (bicyclic) bond motifs is 1. The fourth-order valence-electron chi connectivity index (χ4n) is 3.41. The van der Waals surface area contributed by atoms with E-state index in [-0.39, 0.29) is 30.8 Å². The first-order valence-corrected chi connectivity index (χ1v) is 9.63. The predicted octanol–water partition coefficient (Wildman–Crippen LogP) is 3.95. The summed E-state index contributed by atoms with van der Waals surface area (Å²) >= 11 is 6.25. The SMILES string of the molecule is CCNC(=NCc1cc(Cl)c2c(c1)OCO2)NCC1(CCOC)CCC1.I. The standard InChI is InChI=1S/C19H28ClN3O3.HI/c1-3-21-18(23-12-19(5-4-6-19)7-8-24-2)22-11-14-9-15(20)17-16(10-14)25-13-26-17;/h9-10H,3-8,11-13H2,1-2H3,(H2,21,22,23);1H. The van der Waals surface area contributed by atoms with Crippen LogP contribution in [0.4, 0.5) is 0 Å². The number of benzene rings is 1. The van der Waals surface area contributed by atoms with Crippen molar-refractivity contribution < 1.29 is 14.2 Å². The molecule has 2 N–H and O–H groups in total. The van der Waals surface area contributed by atoms with Crippen molar-refractivity contribution in [3.63, 3.8) is 0 Å². The van der Waals surface area contributed by atoms with Gasteiger partial charge in [0, 0.05) is 26.8 Å². The number of ether oxygens (including phenoxy) is 3. The molecule has 1 heterocycles. The monoisotopic (exact) mass is 509 g/mol. The number of aliphatic imine (C=N–C) groups is 1. The van der Waals surface area contributed by atoms with E-state index in [1.807, 2.05) is 12.1 Å². The normalized spacial score (nSPS) is 17.1. The second-order valence-electron chi connectivity index (χ2n) is 6.96. The summed E-state index contributed by atoms with van der Waals surface area (Å²) in [6.07, 6.45) is 4.89. The molecule has 0 atom stereocenters. The molecular formula is C19H29ClIN3O3. The van der Waals surface area contributed by atoms with E-state index in [0.717, 1.165) is 37.6 Å². The number of methoxy groups -OCH3 is 1. The lowest BCUT2D eigenvalue weighted by Crippen LogP contribution is -2.46. The van der Waals surface area contributed by atoms with Crippen LogP contribution >= 0.6 is 35.6 Å². The van der Waals surface area contributed by atoms with E-state index < -0.39 is 0 Å². The van der Waals surface area contributed by atoms with E-state index in [9.17, 15) is 0 Å². The topological polar surface area (TPSA) is 64.1 Å². The Kier molecular flexibility index (Phi) is 8.75. The van der Waals surface area contributed by atoms with Crippen LogP contribution in [0.3, 0.4) is 0 Å². The van der Waals surface area contributed by atoms with Crippen molar-refractivity contribution in [1.82, 2.24) is 10.6 Å². The molecule has 0 spiro atoms. The lowest BCUT2D eigenvalue weighted by atomic mass is 9.67. The van der Waals surface area contributed by atoms with Crippen molar-refractivity contribution in [2.45, 2.75) is 39.2 Å². The highest BCUT2D eigenvalue weighted by Gasteiger charge is 2.36. The largest absolute Gasteiger partial charge is 0.454 e. The molecule has 8 heteroatoms. The van der Waals surface area contributed by atoms with Gasteiger partial charge >= 0.3 is 0 Å². The lowest BCUT2D eigenvalue weighted by molar-refractivity contribution is 0.0732. The summed E-state index contributed by atoms with van der Waals surface area (Å²) in [5, 5.41) is 7.39. The van der Waals surface area contributed by atoms with Crippen LogP contribution in [0.15, 0.2) is 17.1 Å². The van der Waals surface area contributed by atoms with Gasteiger partial charge in [0.1, 0.15) is 0 Å². The first-order chi connectivity index (χ1) is 12.7. The first kappa shape index (κ1) is 22.4. The smallest absolute Gasteiger partial charge is 0.231 e. The molecule has 1 aliphatic heterocycles. The van der Waals surface area contributed by atoms with Crippen molar-refractivity contribution >= 4 is 41.5 Å². The highest BCUT2D eigenvalue weighted by Crippen LogP contribution is 2.43. The van der Waals surface area contributed by atoms with E-state index in [0.29, 0.717) is 28.5 Å². The maximum Gasteiger partial charge on any atom is 0.231 e. The maximum absolute atomic E-state index is 6.25. The minimum absolute atomic E-state index is 0. The van der Waals surface area contributed by atoms with Crippen molar-refractivity contribution in [2.24, 2.45) is 10.4 Å². The first-order valence-electron chi connectivity index (χ1n) is 9.25. The van der Waals surface area contributed by atoms with E-state index in [1.165, 1.54) is 19.3 Å². The molecule has 2 aliphatic rings. The van der Waals surface area contributed by atoms with Crippen LogP contribution in [-0.4, -0.2) is 39.6 Å². The van der Waals surface area contributed by atoms with E-state index >= 15 is 0 Å². The predicted molar refractivity (Wildman–Crippen MR) is 119 cm³/mol. The molecule has 1 fully saturated rings. The minimum atomic E-state index is 0. The molecule has 1 aliphatic carbocycles. The van der Waals surface area contributed by atoms with Gasteiger partial charge in [-0.15, -0.1) is 24.0 Å². The zero-order valence-corrected chi connectivity index (χ0v) is 19.1. The van der Waals surface area contributed by atoms with Crippen LogP contribution < -0.4 is 20.1 Å². The van der Waals surface area contributed by atoms with Gasteiger partial charge in [0.05, 0.1) is 11.6 Å². The number of nitrogens with zero attached hydrogens (tertiary/aromatic N) is 1. The van der Waals surface area contributed by atoms with E-state index in [4.69, 9.17) is 30.8 Å². The number of hydrogen-bond acceptors (Lipinski definition) is 4. The van der Waals surface area contributed by atoms with Crippen LogP contribution in [0.2, 0.25) is 5.02 Å². The van der Waals surface area contributed by atoms with E-state index in [1.54, 1.807) is 7.11 Å². The summed E-state index contributed by atoms with van der Waals surface area (Å²) in [7, 11) is 1.77. The zero-order valence-electron chi connectivity index (χ0n) is 16.0. The molecule has 1 aromatic rings. The van der Waals surface area contributed by atoms with Gasteiger partial charge < -0.3 is 24.8 Å². The molecule has 0 amide bonds. The Morgan fingerprint density at radius 3 is 2.78 bits per heavy atom. The molecule has 27 heavy (non-hydrogen) atoms. The van der Waals surface area contributed by atoms with Gasteiger partial charge in [-0.2, -0.15) is 0 Å². The molecule has 1 saturated carbocycles. The Bertz CT molecular complexity index is 653. The van der Waals surface area contributed by atoms with Crippen molar-refractivity contribution in [1.29, 1.82) is 0 Å². The highest BCUT2D eigenvalue weighted by atomic mass is 127. The Morgan fingerprint density at radius 2 is 2.11 bits per heavy atom. The Hall–Kier alpha value is -0.930. The average Bonchev–Trinajstić information content (AvgIpc) is 3.07. The molecule has 0 unspecified atom stereocenters. The molecule has 0 radical (unpaired) electrons. The second-order valence-corrected chi connectivity index (χ2v) is 7.36. The number of rotatable bonds is 8.